The van der Waals surface area contributed by atoms with Crippen molar-refractivity contribution in [2.24, 2.45) is 0 Å². The number of fused-ring (bicyclic) bond motifs is 4. The molecule has 7 heteroatoms. The Kier molecular flexibility index (Phi) is 5.54. The van der Waals surface area contributed by atoms with Crippen LogP contribution in [0, 0.1) is 0 Å². The van der Waals surface area contributed by atoms with E-state index in [-0.39, 0.29) is 22.3 Å². The van der Waals surface area contributed by atoms with Gasteiger partial charge in [-0.3, -0.25) is 0 Å². The summed E-state index contributed by atoms with van der Waals surface area (Å²) in [4.78, 5) is 48.2. The second kappa shape index (κ2) is 9.08. The van der Waals surface area contributed by atoms with Crippen molar-refractivity contribution in [1.29, 1.82) is 0 Å². The van der Waals surface area contributed by atoms with Crippen LogP contribution in [0.1, 0.15) is 41.4 Å². The van der Waals surface area contributed by atoms with E-state index in [0.717, 1.165) is 43.1 Å². The number of carboxylic acid groups (broad SMARTS) is 2. The highest BCUT2D eigenvalue weighted by molar-refractivity contribution is 6.08. The summed E-state index contributed by atoms with van der Waals surface area (Å²) in [6, 6.07) is 26.9. The molecular weight excluding hydrogens is 496 g/mol. The van der Waals surface area contributed by atoms with Gasteiger partial charge in [0, 0.05) is 0 Å². The van der Waals surface area contributed by atoms with Crippen LogP contribution in [0.25, 0.3) is 43.1 Å². The summed E-state index contributed by atoms with van der Waals surface area (Å²) in [7, 11) is 0. The Morgan fingerprint density at radius 1 is 0.385 bits per heavy atom. The number of rotatable bonds is 4. The van der Waals surface area contributed by atoms with Crippen LogP contribution in [0.15, 0.2) is 97.1 Å². The molecule has 0 aromatic heterocycles. The normalized spacial score (nSPS) is 11.2. The second-order valence-corrected chi connectivity index (χ2v) is 9.24. The van der Waals surface area contributed by atoms with Crippen LogP contribution in [0.5, 0.6) is 0 Å². The number of hydrogen-bond donors (Lipinski definition) is 2. The minimum atomic E-state index is -1.01. The van der Waals surface area contributed by atoms with Gasteiger partial charge < -0.3 is 14.9 Å². The maximum atomic E-state index is 12.8. The zero-order valence-corrected chi connectivity index (χ0v) is 20.2. The summed E-state index contributed by atoms with van der Waals surface area (Å²) < 4.78 is 5.17. The summed E-state index contributed by atoms with van der Waals surface area (Å²) in [6.07, 6.45) is 0. The Hall–Kier alpha value is -5.56. The number of esters is 2. The van der Waals surface area contributed by atoms with Crippen LogP contribution in [0.3, 0.4) is 0 Å². The van der Waals surface area contributed by atoms with E-state index in [1.54, 1.807) is 60.7 Å². The molecule has 0 radical (unpaired) electrons. The lowest BCUT2D eigenvalue weighted by molar-refractivity contribution is 0.0396. The molecule has 188 valence electrons. The smallest absolute Gasteiger partial charge is 0.346 e. The number of ether oxygens (including phenoxy) is 1. The van der Waals surface area contributed by atoms with Crippen molar-refractivity contribution in [3.05, 3.63) is 119 Å². The Bertz CT molecular complexity index is 1890. The van der Waals surface area contributed by atoms with Crippen molar-refractivity contribution >= 4 is 67.0 Å². The van der Waals surface area contributed by atoms with Crippen molar-refractivity contribution < 1.29 is 34.1 Å². The number of hydrogen-bond acceptors (Lipinski definition) is 5. The largest absolute Gasteiger partial charge is 0.478 e. The molecule has 0 fully saturated rings. The first kappa shape index (κ1) is 23.8. The highest BCUT2D eigenvalue weighted by Gasteiger charge is 2.17. The number of carbonyl (C=O) groups excluding carboxylic acids is 2. The van der Waals surface area contributed by atoms with Gasteiger partial charge in [0.25, 0.3) is 0 Å². The standard InChI is InChI=1S/C32H18O7/c33-29(34)21-5-1-17-11-27-15-23(7-3-19(27)9-25(17)13-21)31(37)39-32(38)24-8-4-20-10-26-14-22(30(35)36)6-2-18(26)12-28(20)16-24/h1-16H,(H,33,34)(H,35,36). The molecule has 0 atom stereocenters. The van der Waals surface area contributed by atoms with E-state index in [1.165, 1.54) is 12.1 Å². The number of carboxylic acids is 2. The molecule has 6 aromatic rings. The van der Waals surface area contributed by atoms with Gasteiger partial charge in [-0.15, -0.1) is 0 Å². The molecule has 6 rings (SSSR count). The summed E-state index contributed by atoms with van der Waals surface area (Å²) in [6.45, 7) is 0. The maximum absolute atomic E-state index is 12.8. The van der Waals surface area contributed by atoms with Crippen molar-refractivity contribution in [3.63, 3.8) is 0 Å². The van der Waals surface area contributed by atoms with E-state index in [9.17, 15) is 29.4 Å². The van der Waals surface area contributed by atoms with Gasteiger partial charge in [-0.1, -0.05) is 24.3 Å². The fourth-order valence-electron chi connectivity index (χ4n) is 4.72. The Morgan fingerprint density at radius 2 is 0.667 bits per heavy atom. The lowest BCUT2D eigenvalue weighted by Gasteiger charge is -2.08. The van der Waals surface area contributed by atoms with Gasteiger partial charge in [-0.2, -0.15) is 0 Å². The molecule has 0 aliphatic heterocycles. The molecule has 0 unspecified atom stereocenters. The maximum Gasteiger partial charge on any atom is 0.346 e. The molecule has 0 aliphatic rings. The fourth-order valence-corrected chi connectivity index (χ4v) is 4.72. The average molecular weight is 514 g/mol. The van der Waals surface area contributed by atoms with Crippen molar-refractivity contribution in [2.75, 3.05) is 0 Å². The molecule has 0 spiro atoms. The molecule has 7 nitrogen and oxygen atoms in total. The molecule has 0 aliphatic carbocycles. The van der Waals surface area contributed by atoms with E-state index >= 15 is 0 Å². The zero-order valence-electron chi connectivity index (χ0n) is 20.2. The van der Waals surface area contributed by atoms with Gasteiger partial charge in [-0.05, 0) is 116 Å². The van der Waals surface area contributed by atoms with Crippen LogP contribution in [0.2, 0.25) is 0 Å². The van der Waals surface area contributed by atoms with E-state index in [0.29, 0.717) is 0 Å². The topological polar surface area (TPSA) is 118 Å². The fraction of sp³-hybridized carbons (Fsp3) is 0. The highest BCUT2D eigenvalue weighted by atomic mass is 16.6. The minimum Gasteiger partial charge on any atom is -0.478 e. The van der Waals surface area contributed by atoms with E-state index in [1.807, 2.05) is 24.3 Å². The third-order valence-electron chi connectivity index (χ3n) is 6.74. The lowest BCUT2D eigenvalue weighted by Crippen LogP contribution is -2.12. The quantitative estimate of drug-likeness (QED) is 0.153. The van der Waals surface area contributed by atoms with Crippen molar-refractivity contribution in [2.45, 2.75) is 0 Å². The highest BCUT2D eigenvalue weighted by Crippen LogP contribution is 2.27. The molecule has 0 saturated heterocycles. The van der Waals surface area contributed by atoms with Crippen LogP contribution in [-0.4, -0.2) is 34.1 Å². The van der Waals surface area contributed by atoms with Crippen LogP contribution in [-0.2, 0) is 4.74 Å². The lowest BCUT2D eigenvalue weighted by atomic mass is 10.00. The first-order valence-corrected chi connectivity index (χ1v) is 11.9. The van der Waals surface area contributed by atoms with Crippen LogP contribution in [0.4, 0.5) is 0 Å². The Balaban J connectivity index is 1.26. The van der Waals surface area contributed by atoms with Gasteiger partial charge in [0.2, 0.25) is 0 Å². The summed E-state index contributed by atoms with van der Waals surface area (Å²) in [5.41, 5.74) is 0.793. The Labute approximate surface area is 220 Å². The van der Waals surface area contributed by atoms with Gasteiger partial charge >= 0.3 is 23.9 Å². The van der Waals surface area contributed by atoms with Gasteiger partial charge in [0.1, 0.15) is 0 Å². The van der Waals surface area contributed by atoms with Gasteiger partial charge in [0.15, 0.2) is 0 Å². The zero-order chi connectivity index (χ0) is 27.3. The molecule has 6 aromatic carbocycles. The third-order valence-corrected chi connectivity index (χ3v) is 6.74. The van der Waals surface area contributed by atoms with Crippen molar-refractivity contribution in [1.82, 2.24) is 0 Å². The molecular formula is C32H18O7. The number of carbonyl (C=O) groups is 4. The first-order valence-electron chi connectivity index (χ1n) is 11.9. The molecule has 0 saturated carbocycles. The predicted molar refractivity (Wildman–Crippen MR) is 147 cm³/mol. The van der Waals surface area contributed by atoms with Gasteiger partial charge in [-0.25, -0.2) is 19.2 Å². The summed E-state index contributed by atoms with van der Waals surface area (Å²) in [5, 5.41) is 24.7. The van der Waals surface area contributed by atoms with Crippen LogP contribution < -0.4 is 0 Å². The Morgan fingerprint density at radius 3 is 0.974 bits per heavy atom. The monoisotopic (exact) mass is 514 g/mol. The second-order valence-electron chi connectivity index (χ2n) is 9.24. The molecule has 0 bridgehead atoms. The van der Waals surface area contributed by atoms with Crippen LogP contribution >= 0.6 is 0 Å². The predicted octanol–water partition coefficient (Wildman–Crippen LogP) is 6.69. The third kappa shape index (κ3) is 4.42. The molecule has 2 N–H and O–H groups in total. The SMILES string of the molecule is O=C(O)c1ccc2cc3cc(C(=O)OC(=O)c4ccc5cc6cc(C(=O)O)ccc6cc5c4)ccc3cc2c1. The average Bonchev–Trinajstić information content (AvgIpc) is 2.93. The summed E-state index contributed by atoms with van der Waals surface area (Å²) >= 11 is 0. The molecule has 0 heterocycles. The van der Waals surface area contributed by atoms with E-state index in [2.05, 4.69) is 0 Å². The number of aromatic carboxylic acids is 2. The number of benzene rings is 6. The van der Waals surface area contributed by atoms with E-state index < -0.39 is 23.9 Å². The minimum absolute atomic E-state index is 0.190. The van der Waals surface area contributed by atoms with E-state index in [4.69, 9.17) is 4.74 Å². The van der Waals surface area contributed by atoms with Crippen molar-refractivity contribution in [3.8, 4) is 0 Å². The van der Waals surface area contributed by atoms with Gasteiger partial charge in [0.05, 0.1) is 22.3 Å². The first-order chi connectivity index (χ1) is 18.7. The summed E-state index contributed by atoms with van der Waals surface area (Å²) in [5.74, 6) is -3.59. The molecule has 0 amide bonds. The molecule has 39 heavy (non-hydrogen) atoms.